The Kier molecular flexibility index (Phi) is 6.86. The second-order valence-corrected chi connectivity index (χ2v) is 6.49. The summed E-state index contributed by atoms with van der Waals surface area (Å²) >= 11 is 5.74. The Morgan fingerprint density at radius 2 is 1.67 bits per heavy atom. The molecule has 0 radical (unpaired) electrons. The first-order chi connectivity index (χ1) is 12.7. The smallest absolute Gasteiger partial charge is 0.294 e. The zero-order valence-electron chi connectivity index (χ0n) is 14.9. The van der Waals surface area contributed by atoms with Gasteiger partial charge in [-0.2, -0.15) is 0 Å². The number of halogens is 1. The van der Waals surface area contributed by atoms with Gasteiger partial charge in [-0.15, -0.1) is 0 Å². The van der Waals surface area contributed by atoms with E-state index in [0.29, 0.717) is 5.69 Å². The Bertz CT molecular complexity index is 855. The summed E-state index contributed by atoms with van der Waals surface area (Å²) in [6.45, 7) is 1.83. The Labute approximate surface area is 161 Å². The molecule has 8 nitrogen and oxygen atoms in total. The molecular formula is C18H19ClN4O4. The van der Waals surface area contributed by atoms with Gasteiger partial charge in [0.2, 0.25) is 11.8 Å². The summed E-state index contributed by atoms with van der Waals surface area (Å²) in [5.74, 6) is -0.752. The third-order valence-corrected chi connectivity index (χ3v) is 3.83. The topological polar surface area (TPSA) is 105 Å². The molecule has 0 heterocycles. The molecule has 2 aromatic rings. The van der Waals surface area contributed by atoms with Gasteiger partial charge in [-0.25, -0.2) is 0 Å². The van der Waals surface area contributed by atoms with Gasteiger partial charge >= 0.3 is 0 Å². The minimum atomic E-state index is -0.625. The summed E-state index contributed by atoms with van der Waals surface area (Å²) in [5.41, 5.74) is 1.50. The van der Waals surface area contributed by atoms with Crippen LogP contribution in [0.1, 0.15) is 5.56 Å². The summed E-state index contributed by atoms with van der Waals surface area (Å²) in [5, 5.41) is 16.5. The Morgan fingerprint density at radius 3 is 2.26 bits per heavy atom. The van der Waals surface area contributed by atoms with Gasteiger partial charge in [0.15, 0.2) is 0 Å². The zero-order valence-corrected chi connectivity index (χ0v) is 15.6. The molecule has 0 unspecified atom stereocenters. The number of amides is 2. The highest BCUT2D eigenvalue weighted by Gasteiger charge is 2.18. The molecule has 2 aromatic carbocycles. The van der Waals surface area contributed by atoms with Crippen LogP contribution in [-0.2, 0) is 9.59 Å². The lowest BCUT2D eigenvalue weighted by atomic mass is 10.2. The van der Waals surface area contributed by atoms with E-state index < -0.39 is 10.8 Å². The van der Waals surface area contributed by atoms with Gasteiger partial charge in [-0.05, 0) is 38.2 Å². The minimum absolute atomic E-state index is 0.00991. The lowest BCUT2D eigenvalue weighted by molar-refractivity contribution is -0.383. The standard InChI is InChI=1S/C18H19ClN4O4/c1-12-3-6-14(7-4-12)20-17(24)10-22(2)11-18(25)21-15-8-5-13(19)9-16(15)23(26)27/h3-9H,10-11H2,1-2H3,(H,20,24)(H,21,25). The van der Waals surface area contributed by atoms with Crippen LogP contribution in [0.4, 0.5) is 17.1 Å². The van der Waals surface area contributed by atoms with Gasteiger partial charge < -0.3 is 10.6 Å². The van der Waals surface area contributed by atoms with Crippen LogP contribution in [0.2, 0.25) is 5.02 Å². The first-order valence-electron chi connectivity index (χ1n) is 8.03. The number of anilines is 2. The van der Waals surface area contributed by atoms with Crippen LogP contribution in [0.25, 0.3) is 0 Å². The fraction of sp³-hybridized carbons (Fsp3) is 0.222. The monoisotopic (exact) mass is 390 g/mol. The molecular weight excluding hydrogens is 372 g/mol. The predicted molar refractivity (Wildman–Crippen MR) is 104 cm³/mol. The highest BCUT2D eigenvalue weighted by molar-refractivity contribution is 6.31. The van der Waals surface area contributed by atoms with Crippen molar-refractivity contribution in [3.8, 4) is 0 Å². The van der Waals surface area contributed by atoms with Gasteiger partial charge in [0.05, 0.1) is 18.0 Å². The molecule has 0 aliphatic heterocycles. The maximum absolute atomic E-state index is 12.1. The molecule has 0 atom stereocenters. The Balaban J connectivity index is 1.89. The summed E-state index contributed by atoms with van der Waals surface area (Å²) in [4.78, 5) is 36.1. The van der Waals surface area contributed by atoms with E-state index in [4.69, 9.17) is 11.6 Å². The molecule has 2 rings (SSSR count). The number of rotatable bonds is 7. The molecule has 0 saturated heterocycles. The fourth-order valence-electron chi connectivity index (χ4n) is 2.33. The second kappa shape index (κ2) is 9.11. The number of hydrogen-bond donors (Lipinski definition) is 2. The number of nitrogens with zero attached hydrogens (tertiary/aromatic N) is 2. The fourth-order valence-corrected chi connectivity index (χ4v) is 2.50. The van der Waals surface area contributed by atoms with E-state index in [0.717, 1.165) is 11.6 Å². The first-order valence-corrected chi connectivity index (χ1v) is 8.41. The van der Waals surface area contributed by atoms with Crippen molar-refractivity contribution in [2.24, 2.45) is 0 Å². The first kappa shape index (κ1) is 20.3. The number of carbonyl (C=O) groups is 2. The van der Waals surface area contributed by atoms with Crippen LogP contribution in [-0.4, -0.2) is 41.8 Å². The molecule has 9 heteroatoms. The van der Waals surface area contributed by atoms with Crippen LogP contribution in [0.15, 0.2) is 42.5 Å². The highest BCUT2D eigenvalue weighted by atomic mass is 35.5. The number of aryl methyl sites for hydroxylation is 1. The van der Waals surface area contributed by atoms with Crippen LogP contribution < -0.4 is 10.6 Å². The number of carbonyl (C=O) groups excluding carboxylic acids is 2. The van der Waals surface area contributed by atoms with E-state index in [2.05, 4.69) is 10.6 Å². The van der Waals surface area contributed by atoms with Crippen LogP contribution in [0.3, 0.4) is 0 Å². The average Bonchev–Trinajstić information content (AvgIpc) is 2.58. The van der Waals surface area contributed by atoms with Crippen molar-refractivity contribution in [2.45, 2.75) is 6.92 Å². The van der Waals surface area contributed by atoms with Crippen molar-refractivity contribution >= 4 is 40.5 Å². The molecule has 0 aliphatic carbocycles. The largest absolute Gasteiger partial charge is 0.325 e. The summed E-state index contributed by atoms with van der Waals surface area (Å²) < 4.78 is 0. The molecule has 0 saturated carbocycles. The molecule has 142 valence electrons. The number of likely N-dealkylation sites (N-methyl/N-ethyl adjacent to an activating group) is 1. The van der Waals surface area contributed by atoms with E-state index in [1.54, 1.807) is 19.2 Å². The quantitative estimate of drug-likeness (QED) is 0.558. The molecule has 0 bridgehead atoms. The number of nitro groups is 1. The predicted octanol–water partition coefficient (Wildman–Crippen LogP) is 3.07. The molecule has 2 amide bonds. The minimum Gasteiger partial charge on any atom is -0.325 e. The van der Waals surface area contributed by atoms with Gasteiger partial charge in [-0.1, -0.05) is 29.3 Å². The maximum Gasteiger partial charge on any atom is 0.294 e. The van der Waals surface area contributed by atoms with Crippen molar-refractivity contribution in [3.63, 3.8) is 0 Å². The maximum atomic E-state index is 12.1. The number of benzene rings is 2. The van der Waals surface area contributed by atoms with Crippen LogP contribution in [0.5, 0.6) is 0 Å². The van der Waals surface area contributed by atoms with Crippen molar-refractivity contribution in [1.82, 2.24) is 4.90 Å². The van der Waals surface area contributed by atoms with Crippen LogP contribution >= 0.6 is 11.6 Å². The Hall–Kier alpha value is -2.97. The van der Waals surface area contributed by atoms with E-state index in [1.807, 2.05) is 19.1 Å². The van der Waals surface area contributed by atoms with E-state index in [1.165, 1.54) is 17.0 Å². The SMILES string of the molecule is Cc1ccc(NC(=O)CN(C)CC(=O)Nc2ccc(Cl)cc2[N+](=O)[O-])cc1. The van der Waals surface area contributed by atoms with E-state index >= 15 is 0 Å². The molecule has 0 fully saturated rings. The molecule has 2 N–H and O–H groups in total. The van der Waals surface area contributed by atoms with Gasteiger partial charge in [-0.3, -0.25) is 24.6 Å². The lowest BCUT2D eigenvalue weighted by Gasteiger charge is -2.16. The summed E-state index contributed by atoms with van der Waals surface area (Å²) in [7, 11) is 1.60. The lowest BCUT2D eigenvalue weighted by Crippen LogP contribution is -2.36. The Morgan fingerprint density at radius 1 is 1.07 bits per heavy atom. The highest BCUT2D eigenvalue weighted by Crippen LogP contribution is 2.27. The zero-order chi connectivity index (χ0) is 20.0. The molecule has 0 aliphatic rings. The number of hydrogen-bond acceptors (Lipinski definition) is 5. The third-order valence-electron chi connectivity index (χ3n) is 3.59. The van der Waals surface area contributed by atoms with Gasteiger partial charge in [0.1, 0.15) is 5.69 Å². The van der Waals surface area contributed by atoms with Crippen molar-refractivity contribution in [1.29, 1.82) is 0 Å². The second-order valence-electron chi connectivity index (χ2n) is 6.05. The number of nitro benzene ring substituents is 1. The normalized spacial score (nSPS) is 10.5. The van der Waals surface area contributed by atoms with Crippen molar-refractivity contribution < 1.29 is 14.5 Å². The van der Waals surface area contributed by atoms with Crippen molar-refractivity contribution in [2.75, 3.05) is 30.8 Å². The molecule has 0 aromatic heterocycles. The molecule has 27 heavy (non-hydrogen) atoms. The van der Waals surface area contributed by atoms with Crippen molar-refractivity contribution in [3.05, 3.63) is 63.2 Å². The van der Waals surface area contributed by atoms with E-state index in [9.17, 15) is 19.7 Å². The van der Waals surface area contributed by atoms with E-state index in [-0.39, 0.29) is 35.4 Å². The number of nitrogens with one attached hydrogen (secondary N) is 2. The average molecular weight is 391 g/mol. The molecule has 0 spiro atoms. The van der Waals surface area contributed by atoms with Gasteiger partial charge in [0.25, 0.3) is 5.69 Å². The van der Waals surface area contributed by atoms with Gasteiger partial charge in [0, 0.05) is 16.8 Å². The summed E-state index contributed by atoms with van der Waals surface area (Å²) in [6.07, 6.45) is 0. The third kappa shape index (κ3) is 6.36. The summed E-state index contributed by atoms with van der Waals surface area (Å²) in [6, 6.07) is 11.3. The van der Waals surface area contributed by atoms with Crippen LogP contribution in [0, 0.1) is 17.0 Å².